The highest BCUT2D eigenvalue weighted by Crippen LogP contribution is 2.40. The predicted molar refractivity (Wildman–Crippen MR) is 244 cm³/mol. The second-order valence-corrected chi connectivity index (χ2v) is 14.6. The summed E-state index contributed by atoms with van der Waals surface area (Å²) in [7, 11) is 0. The molecule has 0 unspecified atom stereocenters. The molecule has 0 amide bonds. The molecule has 0 fully saturated rings. The molecule has 7 nitrogen and oxygen atoms in total. The van der Waals surface area contributed by atoms with Crippen LogP contribution < -0.4 is 0 Å². The topological polar surface area (TPSA) is 82.8 Å². The maximum Gasteiger partial charge on any atom is 0.227 e. The molecule has 4 aromatic heterocycles. The van der Waals surface area contributed by atoms with E-state index >= 15 is 0 Å². The van der Waals surface area contributed by atoms with Crippen LogP contribution in [0, 0.1) is 0 Å². The van der Waals surface area contributed by atoms with Gasteiger partial charge < -0.3 is 13.4 Å². The van der Waals surface area contributed by atoms with E-state index in [1.807, 2.05) is 91.9 Å². The Hall–Kier alpha value is -8.16. The van der Waals surface area contributed by atoms with Gasteiger partial charge in [-0.2, -0.15) is 0 Å². The number of hydrogen-bond acceptors (Lipinski definition) is 6. The van der Waals surface area contributed by atoms with Gasteiger partial charge in [0.25, 0.3) is 0 Å². The van der Waals surface area contributed by atoms with Crippen LogP contribution in [0.5, 0.6) is 0 Å². The van der Waals surface area contributed by atoms with Gasteiger partial charge in [-0.3, -0.25) is 0 Å². The van der Waals surface area contributed by atoms with Gasteiger partial charge in [0.1, 0.15) is 16.7 Å². The molecule has 284 valence electrons. The summed E-state index contributed by atoms with van der Waals surface area (Å²) in [5, 5.41) is 4.56. The van der Waals surface area contributed by atoms with Crippen LogP contribution in [0.15, 0.2) is 197 Å². The number of aromatic nitrogens is 5. The van der Waals surface area contributed by atoms with Crippen molar-refractivity contribution >= 4 is 60.4 Å². The molecule has 0 bridgehead atoms. The van der Waals surface area contributed by atoms with Crippen LogP contribution in [0.25, 0.3) is 111 Å². The van der Waals surface area contributed by atoms with Gasteiger partial charge in [-0.25, -0.2) is 19.9 Å². The number of furan rings is 1. The number of rotatable bonds is 8. The van der Waals surface area contributed by atoms with E-state index < -0.39 is 0 Å². The first-order valence-corrected chi connectivity index (χ1v) is 19.9. The van der Waals surface area contributed by atoms with Crippen molar-refractivity contribution in [2.75, 3.05) is 0 Å². The first-order valence-electron chi connectivity index (χ1n) is 19.9. The fraction of sp³-hybridized carbons (Fsp3) is 0.0189. The number of nitrogens with zero attached hydrogens (tertiary/aromatic N) is 5. The number of oxazole rings is 1. The molecule has 0 aliphatic heterocycles. The smallest absolute Gasteiger partial charge is 0.227 e. The van der Waals surface area contributed by atoms with Crippen LogP contribution in [0.4, 0.5) is 0 Å². The van der Waals surface area contributed by atoms with Crippen LogP contribution in [0.1, 0.15) is 12.7 Å². The van der Waals surface area contributed by atoms with E-state index in [4.69, 9.17) is 28.8 Å². The Balaban J connectivity index is 0.985. The molecule has 0 N–H and O–H groups in total. The third-order valence-corrected chi connectivity index (χ3v) is 11.0. The highest BCUT2D eigenvalue weighted by Gasteiger charge is 2.19. The third kappa shape index (κ3) is 5.91. The summed E-state index contributed by atoms with van der Waals surface area (Å²) in [6.45, 7) is 5.79. The maximum absolute atomic E-state index is 6.43. The van der Waals surface area contributed by atoms with Crippen molar-refractivity contribution in [3.05, 3.63) is 194 Å². The summed E-state index contributed by atoms with van der Waals surface area (Å²) in [5.41, 5.74) is 12.0. The lowest BCUT2D eigenvalue weighted by molar-refractivity contribution is 0.620. The fourth-order valence-corrected chi connectivity index (χ4v) is 8.18. The normalized spacial score (nSPS) is 12.2. The van der Waals surface area contributed by atoms with Crippen molar-refractivity contribution in [1.29, 1.82) is 0 Å². The van der Waals surface area contributed by atoms with Crippen molar-refractivity contribution < 1.29 is 8.83 Å². The lowest BCUT2D eigenvalue weighted by atomic mass is 10.0. The number of allylic oxidation sites excluding steroid dienone is 5. The molecule has 7 aromatic carbocycles. The Morgan fingerprint density at radius 2 is 1.28 bits per heavy atom. The number of para-hydroxylation sites is 3. The van der Waals surface area contributed by atoms with E-state index in [1.165, 1.54) is 5.39 Å². The molecule has 0 atom stereocenters. The van der Waals surface area contributed by atoms with E-state index in [-0.39, 0.29) is 0 Å². The molecule has 0 spiro atoms. The Labute approximate surface area is 344 Å². The zero-order valence-corrected chi connectivity index (χ0v) is 32.6. The summed E-state index contributed by atoms with van der Waals surface area (Å²) in [6, 6.07) is 54.0. The van der Waals surface area contributed by atoms with Crippen LogP contribution >= 0.6 is 0 Å². The highest BCUT2D eigenvalue weighted by molar-refractivity contribution is 6.13. The van der Waals surface area contributed by atoms with E-state index in [0.29, 0.717) is 34.5 Å². The molecule has 0 aliphatic rings. The van der Waals surface area contributed by atoms with Gasteiger partial charge in [0.2, 0.25) is 5.89 Å². The van der Waals surface area contributed by atoms with Gasteiger partial charge in [-0.1, -0.05) is 128 Å². The molecule has 0 saturated carbocycles. The minimum absolute atomic E-state index is 0.526. The van der Waals surface area contributed by atoms with Gasteiger partial charge in [-0.15, -0.1) is 0 Å². The Morgan fingerprint density at radius 3 is 2.15 bits per heavy atom. The highest BCUT2D eigenvalue weighted by atomic mass is 16.3. The minimum atomic E-state index is 0.526. The second kappa shape index (κ2) is 14.3. The van der Waals surface area contributed by atoms with Crippen molar-refractivity contribution in [2.45, 2.75) is 6.92 Å². The Morgan fingerprint density at radius 1 is 0.550 bits per heavy atom. The van der Waals surface area contributed by atoms with Gasteiger partial charge in [-0.05, 0) is 73.2 Å². The Kier molecular flexibility index (Phi) is 8.37. The van der Waals surface area contributed by atoms with Gasteiger partial charge in [0, 0.05) is 55.1 Å². The van der Waals surface area contributed by atoms with Crippen LogP contribution in [-0.4, -0.2) is 24.5 Å². The third-order valence-electron chi connectivity index (χ3n) is 11.0. The zero-order chi connectivity index (χ0) is 40.2. The first-order chi connectivity index (χ1) is 29.6. The van der Waals surface area contributed by atoms with E-state index in [0.717, 1.165) is 77.4 Å². The lowest BCUT2D eigenvalue weighted by Gasteiger charge is -2.09. The van der Waals surface area contributed by atoms with Gasteiger partial charge in [0.15, 0.2) is 23.1 Å². The summed E-state index contributed by atoms with van der Waals surface area (Å²) in [5.74, 6) is 2.23. The predicted octanol–water partition coefficient (Wildman–Crippen LogP) is 13.8. The molecule has 7 heteroatoms. The van der Waals surface area contributed by atoms with Crippen molar-refractivity contribution in [2.24, 2.45) is 0 Å². The van der Waals surface area contributed by atoms with Crippen LogP contribution in [0.3, 0.4) is 0 Å². The van der Waals surface area contributed by atoms with Crippen molar-refractivity contribution in [3.8, 4) is 51.0 Å². The van der Waals surface area contributed by atoms with Crippen molar-refractivity contribution in [3.63, 3.8) is 0 Å². The maximum atomic E-state index is 6.43. The molecule has 11 rings (SSSR count). The molecule has 0 radical (unpaired) electrons. The number of fused-ring (bicyclic) bond motifs is 7. The average molecular weight is 774 g/mol. The molecule has 0 saturated heterocycles. The summed E-state index contributed by atoms with van der Waals surface area (Å²) in [6.07, 6.45) is 7.54. The van der Waals surface area contributed by atoms with Gasteiger partial charge in [0.05, 0.1) is 11.0 Å². The number of hydrogen-bond donors (Lipinski definition) is 0. The van der Waals surface area contributed by atoms with E-state index in [9.17, 15) is 0 Å². The summed E-state index contributed by atoms with van der Waals surface area (Å²) < 4.78 is 15.2. The average Bonchev–Trinajstić information content (AvgIpc) is 4.01. The standard InChI is InChI=1S/C53H35N5O2/c1-3-5-15-33(4-2)50-55-51(34-16-7-6-8-17-34)57-52(56-50)36-27-29-48-44(32-36)54-53(60-48)37-18-13-19-38(30-37)58-45-24-11-9-20-40(45)43-31-35(26-28-46(43)58)39-22-14-23-42-41-21-10-12-25-47(41)59-49(39)42/h3-32H,1H2,2H3/b15-5-,33-4+. The quantitative estimate of drug-likeness (QED) is 0.143. The van der Waals surface area contributed by atoms with Gasteiger partial charge >= 0.3 is 0 Å². The molecular formula is C53H35N5O2. The first kappa shape index (κ1) is 35.0. The molecular weight excluding hydrogens is 739 g/mol. The lowest BCUT2D eigenvalue weighted by Crippen LogP contribution is -2.02. The second-order valence-electron chi connectivity index (χ2n) is 14.6. The van der Waals surface area contributed by atoms with Crippen LogP contribution in [-0.2, 0) is 0 Å². The summed E-state index contributed by atoms with van der Waals surface area (Å²) >= 11 is 0. The largest absolute Gasteiger partial charge is 0.455 e. The van der Waals surface area contributed by atoms with Crippen molar-refractivity contribution in [1.82, 2.24) is 24.5 Å². The molecule has 4 heterocycles. The van der Waals surface area contributed by atoms with E-state index in [1.54, 1.807) is 6.08 Å². The molecule has 60 heavy (non-hydrogen) atoms. The number of benzene rings is 7. The van der Waals surface area contributed by atoms with Crippen LogP contribution in [0.2, 0.25) is 0 Å². The fourth-order valence-electron chi connectivity index (χ4n) is 8.18. The Bertz CT molecular complexity index is 3530. The SMILES string of the molecule is C=C/C=C\C(=C/C)c1nc(-c2ccccc2)nc(-c2ccc3oc(-c4cccc(-n5c6ccccc6c6cc(-c7cccc8c7oc7ccccc78)ccc65)c4)nc3c2)n1. The summed E-state index contributed by atoms with van der Waals surface area (Å²) in [4.78, 5) is 19.7. The van der Waals surface area contributed by atoms with E-state index in [2.05, 4.69) is 102 Å². The molecule has 0 aliphatic carbocycles. The molecule has 11 aromatic rings. The monoisotopic (exact) mass is 773 g/mol. The zero-order valence-electron chi connectivity index (χ0n) is 32.6. The minimum Gasteiger partial charge on any atom is -0.455 e.